The summed E-state index contributed by atoms with van der Waals surface area (Å²) in [6.45, 7) is 11.4. The van der Waals surface area contributed by atoms with Crippen LogP contribution in [0.5, 0.6) is 0 Å². The first-order valence-electron chi connectivity index (χ1n) is 6.17. The molecular weight excluding hydrogens is 246 g/mol. The number of hydrogen-bond acceptors (Lipinski definition) is 6. The molecule has 1 fully saturated rings. The molecule has 2 atom stereocenters. The van der Waals surface area contributed by atoms with Gasteiger partial charge in [-0.1, -0.05) is 19.2 Å². The van der Waals surface area contributed by atoms with E-state index >= 15 is 0 Å². The lowest BCUT2D eigenvalue weighted by molar-refractivity contribution is -0.0391. The number of hydrogen-bond donors (Lipinski definition) is 3. The molecule has 3 N–H and O–H groups in total. The van der Waals surface area contributed by atoms with Gasteiger partial charge in [-0.05, 0) is 18.8 Å². The van der Waals surface area contributed by atoms with Crippen molar-refractivity contribution < 1.29 is 14.5 Å². The van der Waals surface area contributed by atoms with E-state index in [0.717, 1.165) is 12.8 Å². The van der Waals surface area contributed by atoms with Crippen LogP contribution in [0, 0.1) is 5.92 Å². The Labute approximate surface area is 114 Å². The van der Waals surface area contributed by atoms with Gasteiger partial charge >= 0.3 is 0 Å². The van der Waals surface area contributed by atoms with Crippen LogP contribution in [0.15, 0.2) is 37.2 Å². The standard InChI is InChI=1S/C13H23N3O3/c1-6-12(9(2)15-17-5)18-16-10(3)13(19-14-4)11-7-8-11/h6,11-16H,1-3,7-8H2,4-5H3/t12-,13+/m0/s1. The van der Waals surface area contributed by atoms with Gasteiger partial charge in [0.2, 0.25) is 0 Å². The van der Waals surface area contributed by atoms with Crippen molar-refractivity contribution in [2.24, 2.45) is 5.92 Å². The second-order valence-corrected chi connectivity index (χ2v) is 4.31. The van der Waals surface area contributed by atoms with Gasteiger partial charge in [0.25, 0.3) is 0 Å². The molecule has 1 aliphatic carbocycles. The molecule has 108 valence electrons. The molecule has 0 aliphatic heterocycles. The third kappa shape index (κ3) is 5.04. The first kappa shape index (κ1) is 15.7. The van der Waals surface area contributed by atoms with Crippen molar-refractivity contribution in [3.8, 4) is 0 Å². The zero-order valence-corrected chi connectivity index (χ0v) is 11.6. The molecule has 0 aromatic heterocycles. The van der Waals surface area contributed by atoms with Crippen LogP contribution < -0.4 is 16.4 Å². The molecular formula is C13H23N3O3. The normalized spacial score (nSPS) is 17.4. The molecule has 19 heavy (non-hydrogen) atoms. The Bertz CT molecular complexity index is 329. The third-order valence-corrected chi connectivity index (χ3v) is 2.75. The van der Waals surface area contributed by atoms with E-state index in [1.807, 2.05) is 0 Å². The van der Waals surface area contributed by atoms with E-state index in [2.05, 4.69) is 36.2 Å². The van der Waals surface area contributed by atoms with Gasteiger partial charge in [0.05, 0.1) is 18.5 Å². The predicted octanol–water partition coefficient (Wildman–Crippen LogP) is 1.17. The van der Waals surface area contributed by atoms with Gasteiger partial charge in [-0.3, -0.25) is 25.5 Å². The molecule has 1 saturated carbocycles. The second kappa shape index (κ2) is 7.96. The lowest BCUT2D eigenvalue weighted by Gasteiger charge is -2.23. The summed E-state index contributed by atoms with van der Waals surface area (Å²) < 4.78 is 0. The molecule has 6 heteroatoms. The second-order valence-electron chi connectivity index (χ2n) is 4.31. The molecule has 6 nitrogen and oxygen atoms in total. The molecule has 0 aromatic carbocycles. The van der Waals surface area contributed by atoms with E-state index in [4.69, 9.17) is 14.5 Å². The topological polar surface area (TPSA) is 63.8 Å². The molecule has 0 heterocycles. The van der Waals surface area contributed by atoms with Crippen LogP contribution in [0.1, 0.15) is 12.8 Å². The Morgan fingerprint density at radius 1 is 1.21 bits per heavy atom. The van der Waals surface area contributed by atoms with Crippen LogP contribution in [-0.4, -0.2) is 26.4 Å². The summed E-state index contributed by atoms with van der Waals surface area (Å²) in [4.78, 5) is 15.6. The van der Waals surface area contributed by atoms with Crippen LogP contribution in [0.2, 0.25) is 0 Å². The van der Waals surface area contributed by atoms with E-state index in [0.29, 0.717) is 17.3 Å². The molecule has 0 saturated heterocycles. The Morgan fingerprint density at radius 3 is 2.37 bits per heavy atom. The Hall–Kier alpha value is -1.34. The average Bonchev–Trinajstić information content (AvgIpc) is 3.21. The monoisotopic (exact) mass is 269 g/mol. The first-order chi connectivity index (χ1) is 9.13. The summed E-state index contributed by atoms with van der Waals surface area (Å²) in [5.74, 6) is 0.485. The summed E-state index contributed by atoms with van der Waals surface area (Å²) in [6.07, 6.45) is 3.32. The lowest BCUT2D eigenvalue weighted by Crippen LogP contribution is -2.35. The molecule has 0 bridgehead atoms. The highest BCUT2D eigenvalue weighted by molar-refractivity contribution is 5.08. The van der Waals surface area contributed by atoms with E-state index < -0.39 is 6.10 Å². The van der Waals surface area contributed by atoms with E-state index in [1.165, 1.54) is 7.11 Å². The van der Waals surface area contributed by atoms with E-state index in [1.54, 1.807) is 13.1 Å². The lowest BCUT2D eigenvalue weighted by atomic mass is 10.2. The van der Waals surface area contributed by atoms with Crippen molar-refractivity contribution in [2.45, 2.75) is 25.0 Å². The third-order valence-electron chi connectivity index (χ3n) is 2.75. The van der Waals surface area contributed by atoms with Gasteiger partial charge in [0.15, 0.2) is 0 Å². The van der Waals surface area contributed by atoms with Crippen molar-refractivity contribution in [1.82, 2.24) is 16.4 Å². The SMILES string of the molecule is C=C[C@H](ONC(=C)[C@@H](ONC)C1CC1)C(=C)NOC. The van der Waals surface area contributed by atoms with Crippen LogP contribution >= 0.6 is 0 Å². The summed E-state index contributed by atoms with van der Waals surface area (Å²) in [6, 6.07) is 0. The van der Waals surface area contributed by atoms with Gasteiger partial charge in [0.1, 0.15) is 12.2 Å². The summed E-state index contributed by atoms with van der Waals surface area (Å²) in [7, 11) is 3.22. The van der Waals surface area contributed by atoms with E-state index in [-0.39, 0.29) is 6.10 Å². The van der Waals surface area contributed by atoms with Gasteiger partial charge in [-0.25, -0.2) is 5.48 Å². The Kier molecular flexibility index (Phi) is 6.58. The molecule has 0 radical (unpaired) electrons. The van der Waals surface area contributed by atoms with Crippen LogP contribution in [-0.2, 0) is 14.5 Å². The van der Waals surface area contributed by atoms with Crippen molar-refractivity contribution in [3.05, 3.63) is 37.2 Å². The fraction of sp³-hybridized carbons (Fsp3) is 0.538. The smallest absolute Gasteiger partial charge is 0.144 e. The van der Waals surface area contributed by atoms with Gasteiger partial charge in [-0.15, -0.1) is 6.58 Å². The Morgan fingerprint density at radius 2 is 1.89 bits per heavy atom. The number of nitrogens with one attached hydrogen (secondary N) is 3. The quantitative estimate of drug-likeness (QED) is 0.386. The van der Waals surface area contributed by atoms with Crippen LogP contribution in [0.3, 0.4) is 0 Å². The van der Waals surface area contributed by atoms with Crippen molar-refractivity contribution in [3.63, 3.8) is 0 Å². The molecule has 1 rings (SSSR count). The highest BCUT2D eigenvalue weighted by atomic mass is 16.7. The van der Waals surface area contributed by atoms with Crippen molar-refractivity contribution in [2.75, 3.05) is 14.2 Å². The molecule has 0 spiro atoms. The zero-order chi connectivity index (χ0) is 14.3. The molecule has 0 unspecified atom stereocenters. The van der Waals surface area contributed by atoms with E-state index in [9.17, 15) is 0 Å². The van der Waals surface area contributed by atoms with Gasteiger partial charge in [-0.2, -0.15) is 0 Å². The maximum absolute atomic E-state index is 5.46. The minimum atomic E-state index is -0.439. The first-order valence-corrected chi connectivity index (χ1v) is 6.17. The minimum Gasteiger partial charge on any atom is -0.292 e. The summed E-state index contributed by atoms with van der Waals surface area (Å²) in [5, 5.41) is 0. The molecule has 1 aliphatic rings. The fourth-order valence-corrected chi connectivity index (χ4v) is 1.63. The maximum atomic E-state index is 5.46. The van der Waals surface area contributed by atoms with Crippen molar-refractivity contribution >= 4 is 0 Å². The predicted molar refractivity (Wildman–Crippen MR) is 73.3 cm³/mol. The number of hydroxylamine groups is 3. The van der Waals surface area contributed by atoms with Gasteiger partial charge < -0.3 is 0 Å². The number of rotatable bonds is 11. The minimum absolute atomic E-state index is 0.112. The highest BCUT2D eigenvalue weighted by Crippen LogP contribution is 2.36. The maximum Gasteiger partial charge on any atom is 0.144 e. The highest BCUT2D eigenvalue weighted by Gasteiger charge is 2.34. The average molecular weight is 269 g/mol. The van der Waals surface area contributed by atoms with Crippen LogP contribution in [0.4, 0.5) is 0 Å². The largest absolute Gasteiger partial charge is 0.292 e. The Balaban J connectivity index is 2.42. The summed E-state index contributed by atoms with van der Waals surface area (Å²) >= 11 is 0. The van der Waals surface area contributed by atoms with Crippen molar-refractivity contribution in [1.29, 1.82) is 0 Å². The molecule has 0 amide bonds. The molecule has 0 aromatic rings. The summed E-state index contributed by atoms with van der Waals surface area (Å²) in [5.41, 5.74) is 9.28. The zero-order valence-electron chi connectivity index (χ0n) is 11.6. The van der Waals surface area contributed by atoms with Crippen LogP contribution in [0.25, 0.3) is 0 Å². The fourth-order valence-electron chi connectivity index (χ4n) is 1.63. The van der Waals surface area contributed by atoms with Gasteiger partial charge in [0, 0.05) is 7.05 Å².